The predicted octanol–water partition coefficient (Wildman–Crippen LogP) is 2.94. The summed E-state index contributed by atoms with van der Waals surface area (Å²) in [5, 5.41) is 0. The molecule has 2 aliphatic rings. The Balaban J connectivity index is 1.65. The third-order valence-electron chi connectivity index (χ3n) is 5.39. The van der Waals surface area contributed by atoms with Crippen LogP contribution in [0, 0.1) is 0 Å². The summed E-state index contributed by atoms with van der Waals surface area (Å²) in [6, 6.07) is 9.43. The van der Waals surface area contributed by atoms with Crippen molar-refractivity contribution in [3.05, 3.63) is 52.6 Å². The Labute approximate surface area is 154 Å². The third-order valence-corrected chi connectivity index (χ3v) is 7.23. The zero-order valence-electron chi connectivity index (χ0n) is 15.1. The van der Waals surface area contributed by atoms with Gasteiger partial charge in [-0.25, -0.2) is 8.42 Å². The van der Waals surface area contributed by atoms with Gasteiger partial charge in [0.1, 0.15) is 0 Å². The van der Waals surface area contributed by atoms with Gasteiger partial charge in [0.15, 0.2) is 11.5 Å². The molecule has 0 saturated heterocycles. The lowest BCUT2D eigenvalue weighted by molar-refractivity contribution is 0.348. The summed E-state index contributed by atoms with van der Waals surface area (Å²) in [6.45, 7) is 0.830. The van der Waals surface area contributed by atoms with Gasteiger partial charge in [-0.15, -0.1) is 0 Å². The van der Waals surface area contributed by atoms with Gasteiger partial charge in [-0.05, 0) is 72.2 Å². The number of hydrogen-bond donors (Lipinski definition) is 0. The van der Waals surface area contributed by atoms with Crippen molar-refractivity contribution in [3.63, 3.8) is 0 Å². The summed E-state index contributed by atoms with van der Waals surface area (Å²) >= 11 is 0. The van der Waals surface area contributed by atoms with Gasteiger partial charge in [0.25, 0.3) is 0 Å². The van der Waals surface area contributed by atoms with Crippen LogP contribution in [0.3, 0.4) is 0 Å². The lowest BCUT2D eigenvalue weighted by Gasteiger charge is -2.29. The highest BCUT2D eigenvalue weighted by molar-refractivity contribution is 7.89. The van der Waals surface area contributed by atoms with Crippen molar-refractivity contribution >= 4 is 10.0 Å². The van der Waals surface area contributed by atoms with Crippen molar-refractivity contribution in [1.29, 1.82) is 0 Å². The molecule has 0 N–H and O–H groups in total. The van der Waals surface area contributed by atoms with Crippen molar-refractivity contribution < 1.29 is 17.9 Å². The van der Waals surface area contributed by atoms with E-state index in [0.717, 1.165) is 30.4 Å². The van der Waals surface area contributed by atoms with Crippen LogP contribution in [0.25, 0.3) is 0 Å². The van der Waals surface area contributed by atoms with Crippen molar-refractivity contribution in [1.82, 2.24) is 4.31 Å². The fourth-order valence-electron chi connectivity index (χ4n) is 3.92. The van der Waals surface area contributed by atoms with Crippen LogP contribution in [0.2, 0.25) is 0 Å². The van der Waals surface area contributed by atoms with Crippen LogP contribution in [0.1, 0.15) is 28.7 Å². The SMILES string of the molecule is COc1cc2c(cc1OC)CN(S(=O)(=O)c1ccc3c(c1)CCC3)CC2. The number of methoxy groups -OCH3 is 2. The van der Waals surface area contributed by atoms with Crippen LogP contribution < -0.4 is 9.47 Å². The number of fused-ring (bicyclic) bond motifs is 2. The zero-order chi connectivity index (χ0) is 18.3. The standard InChI is InChI=1S/C20H23NO4S/c1-24-19-11-16-8-9-21(13-17(16)12-20(19)25-2)26(22,23)18-7-6-14-4-3-5-15(14)10-18/h6-7,10-12H,3-5,8-9,13H2,1-2H3. The Bertz CT molecular complexity index is 953. The molecule has 26 heavy (non-hydrogen) atoms. The zero-order valence-corrected chi connectivity index (χ0v) is 15.9. The molecular weight excluding hydrogens is 350 g/mol. The van der Waals surface area contributed by atoms with Gasteiger partial charge in [0, 0.05) is 13.1 Å². The number of ether oxygens (including phenoxy) is 2. The minimum Gasteiger partial charge on any atom is -0.493 e. The molecule has 6 heteroatoms. The van der Waals surface area contributed by atoms with Gasteiger partial charge in [-0.3, -0.25) is 0 Å². The van der Waals surface area contributed by atoms with Gasteiger partial charge in [0.05, 0.1) is 19.1 Å². The van der Waals surface area contributed by atoms with E-state index in [1.165, 1.54) is 11.1 Å². The molecule has 0 aromatic heterocycles. The molecule has 1 heterocycles. The Kier molecular flexibility index (Phi) is 4.40. The first-order chi connectivity index (χ1) is 12.5. The number of nitrogens with zero attached hydrogens (tertiary/aromatic N) is 1. The van der Waals surface area contributed by atoms with Gasteiger partial charge >= 0.3 is 0 Å². The van der Waals surface area contributed by atoms with Crippen molar-refractivity contribution in [2.45, 2.75) is 37.1 Å². The Morgan fingerprint density at radius 1 is 0.846 bits per heavy atom. The second-order valence-corrected chi connectivity index (χ2v) is 8.79. The summed E-state index contributed by atoms with van der Waals surface area (Å²) in [6.07, 6.45) is 3.80. The summed E-state index contributed by atoms with van der Waals surface area (Å²) < 4.78 is 38.6. The maximum absolute atomic E-state index is 13.1. The van der Waals surface area contributed by atoms with Crippen LogP contribution in [0.4, 0.5) is 0 Å². The van der Waals surface area contributed by atoms with E-state index in [9.17, 15) is 8.42 Å². The van der Waals surface area contributed by atoms with Crippen LogP contribution in [0.15, 0.2) is 35.2 Å². The number of aryl methyl sites for hydroxylation is 2. The molecule has 2 aromatic rings. The van der Waals surface area contributed by atoms with E-state index in [2.05, 4.69) is 0 Å². The highest BCUT2D eigenvalue weighted by Crippen LogP contribution is 2.35. The summed E-state index contributed by atoms with van der Waals surface area (Å²) in [4.78, 5) is 0.405. The monoisotopic (exact) mass is 373 g/mol. The normalized spacial score (nSPS) is 16.8. The van der Waals surface area contributed by atoms with Crippen molar-refractivity contribution in [2.24, 2.45) is 0 Å². The topological polar surface area (TPSA) is 55.8 Å². The van der Waals surface area contributed by atoms with Crippen LogP contribution in [0.5, 0.6) is 11.5 Å². The minimum absolute atomic E-state index is 0.356. The molecule has 0 radical (unpaired) electrons. The van der Waals surface area contributed by atoms with Crippen molar-refractivity contribution in [2.75, 3.05) is 20.8 Å². The van der Waals surface area contributed by atoms with E-state index >= 15 is 0 Å². The first-order valence-electron chi connectivity index (χ1n) is 8.88. The fraction of sp³-hybridized carbons (Fsp3) is 0.400. The summed E-state index contributed by atoms with van der Waals surface area (Å²) in [5.74, 6) is 1.31. The molecule has 138 valence electrons. The molecule has 2 aromatic carbocycles. The van der Waals surface area contributed by atoms with E-state index < -0.39 is 10.0 Å². The van der Waals surface area contributed by atoms with Gasteiger partial charge in [-0.2, -0.15) is 4.31 Å². The highest BCUT2D eigenvalue weighted by atomic mass is 32.2. The van der Waals surface area contributed by atoms with Crippen molar-refractivity contribution in [3.8, 4) is 11.5 Å². The average molecular weight is 373 g/mol. The average Bonchev–Trinajstić information content (AvgIpc) is 3.14. The Morgan fingerprint density at radius 2 is 1.50 bits per heavy atom. The Morgan fingerprint density at radius 3 is 2.23 bits per heavy atom. The molecule has 0 bridgehead atoms. The smallest absolute Gasteiger partial charge is 0.243 e. The molecule has 0 atom stereocenters. The van der Waals surface area contributed by atoms with Crippen LogP contribution >= 0.6 is 0 Å². The number of benzene rings is 2. The summed E-state index contributed by atoms with van der Waals surface area (Å²) in [7, 11) is -0.302. The first kappa shape index (κ1) is 17.4. The first-order valence-corrected chi connectivity index (χ1v) is 10.3. The van der Waals surface area contributed by atoms with Crippen LogP contribution in [-0.2, 0) is 35.8 Å². The molecule has 5 nitrogen and oxygen atoms in total. The highest BCUT2D eigenvalue weighted by Gasteiger charge is 2.30. The fourth-order valence-corrected chi connectivity index (χ4v) is 5.39. The molecule has 0 fully saturated rings. The summed E-state index contributed by atoms with van der Waals surface area (Å²) in [5.41, 5.74) is 4.54. The van der Waals surface area contributed by atoms with Crippen LogP contribution in [-0.4, -0.2) is 33.5 Å². The lowest BCUT2D eigenvalue weighted by Crippen LogP contribution is -2.36. The predicted molar refractivity (Wildman–Crippen MR) is 99.3 cm³/mol. The molecule has 0 amide bonds. The largest absolute Gasteiger partial charge is 0.493 e. The number of rotatable bonds is 4. The molecule has 1 aliphatic carbocycles. The van der Waals surface area contributed by atoms with E-state index in [0.29, 0.717) is 35.9 Å². The second-order valence-electron chi connectivity index (χ2n) is 6.85. The minimum atomic E-state index is -3.50. The molecule has 1 aliphatic heterocycles. The van der Waals surface area contributed by atoms with E-state index in [1.54, 1.807) is 24.6 Å². The molecular formula is C20H23NO4S. The van der Waals surface area contributed by atoms with Gasteiger partial charge in [-0.1, -0.05) is 6.07 Å². The van der Waals surface area contributed by atoms with Gasteiger partial charge < -0.3 is 9.47 Å². The Hall–Kier alpha value is -2.05. The van der Waals surface area contributed by atoms with E-state index in [-0.39, 0.29) is 0 Å². The molecule has 0 spiro atoms. The molecule has 0 saturated carbocycles. The van der Waals surface area contributed by atoms with Gasteiger partial charge in [0.2, 0.25) is 10.0 Å². The number of hydrogen-bond acceptors (Lipinski definition) is 4. The maximum atomic E-state index is 13.1. The lowest BCUT2D eigenvalue weighted by atomic mass is 10.0. The molecule has 0 unspecified atom stereocenters. The van der Waals surface area contributed by atoms with E-state index in [4.69, 9.17) is 9.47 Å². The third kappa shape index (κ3) is 2.87. The quantitative estimate of drug-likeness (QED) is 0.827. The maximum Gasteiger partial charge on any atom is 0.243 e. The second kappa shape index (κ2) is 6.59. The number of sulfonamides is 1. The van der Waals surface area contributed by atoms with E-state index in [1.807, 2.05) is 24.3 Å². The molecule has 4 rings (SSSR count).